The van der Waals surface area contributed by atoms with Crippen LogP contribution in [0.3, 0.4) is 0 Å². The molecule has 2 N–H and O–H groups in total. The minimum atomic E-state index is -0.665. The Morgan fingerprint density at radius 2 is 1.85 bits per heavy atom. The molecular formula is C14H11F2N3O. The molecule has 0 unspecified atom stereocenters. The van der Waals surface area contributed by atoms with Crippen LogP contribution in [0.25, 0.3) is 22.4 Å². The van der Waals surface area contributed by atoms with Crippen molar-refractivity contribution in [3.63, 3.8) is 0 Å². The molecule has 2 aromatic heterocycles. The van der Waals surface area contributed by atoms with Crippen LogP contribution >= 0.6 is 0 Å². The van der Waals surface area contributed by atoms with Gasteiger partial charge in [0.2, 0.25) is 0 Å². The lowest BCUT2D eigenvalue weighted by Gasteiger charge is -2.04. The van der Waals surface area contributed by atoms with E-state index >= 15 is 0 Å². The van der Waals surface area contributed by atoms with Gasteiger partial charge in [-0.3, -0.25) is 4.68 Å². The molecule has 3 aromatic rings. The Morgan fingerprint density at radius 1 is 1.15 bits per heavy atom. The van der Waals surface area contributed by atoms with Gasteiger partial charge in [0, 0.05) is 18.7 Å². The summed E-state index contributed by atoms with van der Waals surface area (Å²) >= 11 is 0. The molecular weight excluding hydrogens is 264 g/mol. The van der Waals surface area contributed by atoms with Crippen molar-refractivity contribution < 1.29 is 13.2 Å². The van der Waals surface area contributed by atoms with Gasteiger partial charge in [-0.05, 0) is 23.8 Å². The fourth-order valence-electron chi connectivity index (χ4n) is 2.12. The number of hydrogen-bond donors (Lipinski definition) is 1. The standard InChI is InChI=1S/C14H11F2N3O/c1-19-14(17)12(9-4-10(15)6-11(16)5-9)13(18-19)8-2-3-20-7-8/h2-7H,17H2,1H3. The van der Waals surface area contributed by atoms with Crippen LogP contribution in [0.1, 0.15) is 0 Å². The molecule has 0 radical (unpaired) electrons. The van der Waals surface area contributed by atoms with Crippen molar-refractivity contribution in [1.29, 1.82) is 0 Å². The lowest BCUT2D eigenvalue weighted by atomic mass is 10.0. The molecule has 0 saturated heterocycles. The van der Waals surface area contributed by atoms with E-state index in [9.17, 15) is 8.78 Å². The highest BCUT2D eigenvalue weighted by Crippen LogP contribution is 2.36. The minimum absolute atomic E-state index is 0.325. The molecule has 0 atom stereocenters. The lowest BCUT2D eigenvalue weighted by Crippen LogP contribution is -1.98. The van der Waals surface area contributed by atoms with Crippen LogP contribution in [0, 0.1) is 11.6 Å². The zero-order valence-corrected chi connectivity index (χ0v) is 10.6. The molecule has 3 rings (SSSR count). The average molecular weight is 275 g/mol. The molecule has 2 heterocycles. The van der Waals surface area contributed by atoms with Crippen LogP contribution in [-0.4, -0.2) is 9.78 Å². The summed E-state index contributed by atoms with van der Waals surface area (Å²) in [6.07, 6.45) is 3.00. The smallest absolute Gasteiger partial charge is 0.129 e. The number of nitrogens with two attached hydrogens (primary N) is 1. The lowest BCUT2D eigenvalue weighted by molar-refractivity contribution is 0.568. The molecule has 0 aliphatic heterocycles. The van der Waals surface area contributed by atoms with Gasteiger partial charge < -0.3 is 10.2 Å². The molecule has 0 aliphatic carbocycles. The predicted octanol–water partition coefficient (Wildman–Crippen LogP) is 3.21. The monoisotopic (exact) mass is 275 g/mol. The van der Waals surface area contributed by atoms with Gasteiger partial charge in [0.05, 0.1) is 18.1 Å². The fraction of sp³-hybridized carbons (Fsp3) is 0.0714. The zero-order valence-electron chi connectivity index (χ0n) is 10.6. The Hall–Kier alpha value is -2.63. The number of hydrogen-bond acceptors (Lipinski definition) is 3. The van der Waals surface area contributed by atoms with Crippen LogP contribution in [0.5, 0.6) is 0 Å². The first-order chi connectivity index (χ1) is 9.56. The predicted molar refractivity (Wildman–Crippen MR) is 70.7 cm³/mol. The summed E-state index contributed by atoms with van der Waals surface area (Å²) < 4.78 is 33.3. The largest absolute Gasteiger partial charge is 0.472 e. The summed E-state index contributed by atoms with van der Waals surface area (Å²) in [6.45, 7) is 0. The van der Waals surface area contributed by atoms with Gasteiger partial charge in [0.25, 0.3) is 0 Å². The molecule has 1 aromatic carbocycles. The van der Waals surface area contributed by atoms with Crippen molar-refractivity contribution >= 4 is 5.82 Å². The van der Waals surface area contributed by atoms with E-state index in [0.717, 1.165) is 6.07 Å². The number of rotatable bonds is 2. The van der Waals surface area contributed by atoms with E-state index in [1.165, 1.54) is 29.3 Å². The highest BCUT2D eigenvalue weighted by molar-refractivity contribution is 5.87. The Morgan fingerprint density at radius 3 is 2.45 bits per heavy atom. The highest BCUT2D eigenvalue weighted by atomic mass is 19.1. The summed E-state index contributed by atoms with van der Waals surface area (Å²) in [5, 5.41) is 4.28. The fourth-order valence-corrected chi connectivity index (χ4v) is 2.12. The number of aryl methyl sites for hydroxylation is 1. The van der Waals surface area contributed by atoms with E-state index in [-0.39, 0.29) is 0 Å². The van der Waals surface area contributed by atoms with Crippen LogP contribution in [0.4, 0.5) is 14.6 Å². The van der Waals surface area contributed by atoms with Crippen molar-refractivity contribution in [2.75, 3.05) is 5.73 Å². The number of anilines is 1. The van der Waals surface area contributed by atoms with Gasteiger partial charge >= 0.3 is 0 Å². The van der Waals surface area contributed by atoms with E-state index in [1.807, 2.05) is 0 Å². The van der Waals surface area contributed by atoms with Crippen molar-refractivity contribution in [3.05, 3.63) is 48.4 Å². The third-order valence-electron chi connectivity index (χ3n) is 3.04. The van der Waals surface area contributed by atoms with Crippen LogP contribution < -0.4 is 5.73 Å². The number of furan rings is 1. The highest BCUT2D eigenvalue weighted by Gasteiger charge is 2.19. The molecule has 20 heavy (non-hydrogen) atoms. The van der Waals surface area contributed by atoms with E-state index in [4.69, 9.17) is 10.2 Å². The first-order valence-corrected chi connectivity index (χ1v) is 5.88. The van der Waals surface area contributed by atoms with Gasteiger partial charge in [-0.15, -0.1) is 0 Å². The second-order valence-corrected chi connectivity index (χ2v) is 4.40. The van der Waals surface area contributed by atoms with Crippen molar-refractivity contribution in [2.24, 2.45) is 7.05 Å². The Labute approximate surface area is 113 Å². The molecule has 0 bridgehead atoms. The van der Waals surface area contributed by atoms with Gasteiger partial charge in [-0.1, -0.05) is 0 Å². The normalized spacial score (nSPS) is 10.9. The third-order valence-corrected chi connectivity index (χ3v) is 3.04. The number of nitrogen functional groups attached to an aromatic ring is 1. The summed E-state index contributed by atoms with van der Waals surface area (Å²) in [7, 11) is 1.66. The van der Waals surface area contributed by atoms with E-state index in [2.05, 4.69) is 5.10 Å². The maximum atomic E-state index is 13.4. The van der Waals surface area contributed by atoms with E-state index in [0.29, 0.717) is 28.2 Å². The summed E-state index contributed by atoms with van der Waals surface area (Å²) in [4.78, 5) is 0. The second kappa shape index (κ2) is 4.48. The maximum absolute atomic E-state index is 13.4. The number of benzene rings is 1. The second-order valence-electron chi connectivity index (χ2n) is 4.40. The van der Waals surface area contributed by atoms with Crippen LogP contribution in [0.2, 0.25) is 0 Å². The molecule has 102 valence electrons. The molecule has 0 saturated carbocycles. The maximum Gasteiger partial charge on any atom is 0.129 e. The summed E-state index contributed by atoms with van der Waals surface area (Å²) in [6, 6.07) is 4.97. The summed E-state index contributed by atoms with van der Waals surface area (Å²) in [5.41, 5.74) is 7.99. The average Bonchev–Trinajstić information content (AvgIpc) is 2.97. The summed E-state index contributed by atoms with van der Waals surface area (Å²) in [5.74, 6) is -1.01. The molecule has 0 spiro atoms. The van der Waals surface area contributed by atoms with Crippen molar-refractivity contribution in [1.82, 2.24) is 9.78 Å². The number of halogens is 2. The number of nitrogens with zero attached hydrogens (tertiary/aromatic N) is 2. The van der Waals surface area contributed by atoms with Crippen molar-refractivity contribution in [3.8, 4) is 22.4 Å². The molecule has 4 nitrogen and oxygen atoms in total. The quantitative estimate of drug-likeness (QED) is 0.781. The molecule has 6 heteroatoms. The SMILES string of the molecule is Cn1nc(-c2ccoc2)c(-c2cc(F)cc(F)c2)c1N. The Balaban J connectivity index is 2.27. The van der Waals surface area contributed by atoms with Crippen molar-refractivity contribution in [2.45, 2.75) is 0 Å². The Bertz CT molecular complexity index is 743. The first kappa shape index (κ1) is 12.4. The van der Waals surface area contributed by atoms with Gasteiger partial charge in [-0.2, -0.15) is 5.10 Å². The van der Waals surface area contributed by atoms with Gasteiger partial charge in [0.1, 0.15) is 23.1 Å². The Kier molecular flexibility index (Phi) is 2.78. The van der Waals surface area contributed by atoms with Gasteiger partial charge in [-0.25, -0.2) is 8.78 Å². The zero-order chi connectivity index (χ0) is 14.3. The minimum Gasteiger partial charge on any atom is -0.472 e. The third kappa shape index (κ3) is 1.95. The number of aromatic nitrogens is 2. The first-order valence-electron chi connectivity index (χ1n) is 5.88. The molecule has 0 aliphatic rings. The van der Waals surface area contributed by atoms with E-state index < -0.39 is 11.6 Å². The van der Waals surface area contributed by atoms with Crippen LogP contribution in [0.15, 0.2) is 41.2 Å². The van der Waals surface area contributed by atoms with E-state index in [1.54, 1.807) is 13.1 Å². The van der Waals surface area contributed by atoms with Crippen LogP contribution in [-0.2, 0) is 7.05 Å². The van der Waals surface area contributed by atoms with Gasteiger partial charge in [0.15, 0.2) is 0 Å². The molecule has 0 amide bonds. The topological polar surface area (TPSA) is 57.0 Å². The molecule has 0 fully saturated rings.